The molecule has 144 valence electrons. The maximum absolute atomic E-state index is 10.2. The standard InChI is InChI=1S/C22H28NO4/c1-23(2)5-4-13-6-15(10-24)18(12-26)22-17-7-16(11-25)20(27-3)9-14(17)8-19(23)21(13)22/h6-7,9,19,24-26H,4-5,8,10-12H2,1-3H3/q+1/t19-/m1/s1. The molecule has 5 heteroatoms. The van der Waals surface area contributed by atoms with Crippen molar-refractivity contribution in [1.29, 1.82) is 0 Å². The summed E-state index contributed by atoms with van der Waals surface area (Å²) in [5, 5.41) is 29.9. The maximum Gasteiger partial charge on any atom is 0.124 e. The van der Waals surface area contributed by atoms with Crippen molar-refractivity contribution in [3.8, 4) is 16.9 Å². The summed E-state index contributed by atoms with van der Waals surface area (Å²) in [6, 6.07) is 6.41. The number of aliphatic hydroxyl groups excluding tert-OH is 3. The van der Waals surface area contributed by atoms with E-state index in [9.17, 15) is 15.3 Å². The molecule has 4 rings (SSSR count). The Balaban J connectivity index is 2.08. The molecule has 0 radical (unpaired) electrons. The van der Waals surface area contributed by atoms with Crippen molar-refractivity contribution >= 4 is 0 Å². The molecule has 2 aromatic carbocycles. The summed E-state index contributed by atoms with van der Waals surface area (Å²) in [5.74, 6) is 0.699. The Morgan fingerprint density at radius 3 is 2.37 bits per heavy atom. The molecular weight excluding hydrogens is 342 g/mol. The van der Waals surface area contributed by atoms with Crippen molar-refractivity contribution in [1.82, 2.24) is 0 Å². The van der Waals surface area contributed by atoms with Crippen LogP contribution in [0.4, 0.5) is 0 Å². The number of nitrogens with zero attached hydrogens (tertiary/aromatic N) is 1. The van der Waals surface area contributed by atoms with Crippen LogP contribution in [0.25, 0.3) is 11.1 Å². The Kier molecular flexibility index (Phi) is 4.51. The van der Waals surface area contributed by atoms with Crippen molar-refractivity contribution in [2.24, 2.45) is 0 Å². The second-order valence-electron chi connectivity index (χ2n) is 8.23. The fourth-order valence-corrected chi connectivity index (χ4v) is 4.93. The second-order valence-corrected chi connectivity index (χ2v) is 8.23. The van der Waals surface area contributed by atoms with Crippen LogP contribution in [0.3, 0.4) is 0 Å². The third-order valence-corrected chi connectivity index (χ3v) is 6.48. The molecule has 1 atom stereocenters. The molecule has 0 bridgehead atoms. The van der Waals surface area contributed by atoms with Crippen molar-refractivity contribution in [2.45, 2.75) is 38.7 Å². The van der Waals surface area contributed by atoms with E-state index in [1.54, 1.807) is 7.11 Å². The topological polar surface area (TPSA) is 69.9 Å². The van der Waals surface area contributed by atoms with Gasteiger partial charge in [-0.05, 0) is 45.5 Å². The van der Waals surface area contributed by atoms with Gasteiger partial charge in [0.2, 0.25) is 0 Å². The summed E-state index contributed by atoms with van der Waals surface area (Å²) in [6.07, 6.45) is 1.86. The third kappa shape index (κ3) is 2.69. The number of methoxy groups -OCH3 is 1. The van der Waals surface area contributed by atoms with Gasteiger partial charge in [0.1, 0.15) is 11.8 Å². The lowest BCUT2D eigenvalue weighted by molar-refractivity contribution is -0.923. The van der Waals surface area contributed by atoms with Crippen LogP contribution in [-0.4, -0.2) is 47.6 Å². The lowest BCUT2D eigenvalue weighted by atomic mass is 9.73. The smallest absolute Gasteiger partial charge is 0.124 e. The summed E-state index contributed by atoms with van der Waals surface area (Å²) in [5.41, 5.74) is 8.19. The van der Waals surface area contributed by atoms with Crippen LogP contribution in [0, 0.1) is 0 Å². The Morgan fingerprint density at radius 2 is 1.74 bits per heavy atom. The van der Waals surface area contributed by atoms with E-state index in [1.165, 1.54) is 16.7 Å². The minimum absolute atomic E-state index is 0.0859. The first-order chi connectivity index (χ1) is 12.9. The van der Waals surface area contributed by atoms with Crippen molar-refractivity contribution in [3.05, 3.63) is 51.6 Å². The number of benzene rings is 2. The van der Waals surface area contributed by atoms with Crippen LogP contribution in [0.1, 0.15) is 39.4 Å². The number of likely N-dealkylation sites (N-methyl/N-ethyl adjacent to an activating group) is 1. The number of fused-ring (bicyclic) bond motifs is 2. The Labute approximate surface area is 160 Å². The fourth-order valence-electron chi connectivity index (χ4n) is 4.93. The molecule has 0 saturated heterocycles. The number of aliphatic hydroxyl groups is 3. The Bertz CT molecular complexity index is 904. The van der Waals surface area contributed by atoms with E-state index >= 15 is 0 Å². The third-order valence-electron chi connectivity index (χ3n) is 6.48. The number of hydrogen-bond acceptors (Lipinski definition) is 4. The van der Waals surface area contributed by atoms with Gasteiger partial charge in [0.05, 0.1) is 47.6 Å². The molecular formula is C22H28NO4+. The van der Waals surface area contributed by atoms with Crippen molar-refractivity contribution in [2.75, 3.05) is 27.7 Å². The molecule has 0 amide bonds. The average molecular weight is 370 g/mol. The zero-order chi connectivity index (χ0) is 19.3. The number of ether oxygens (including phenoxy) is 1. The molecule has 5 nitrogen and oxygen atoms in total. The van der Waals surface area contributed by atoms with Crippen molar-refractivity contribution in [3.63, 3.8) is 0 Å². The summed E-state index contributed by atoms with van der Waals surface area (Å²) in [4.78, 5) is 0. The highest BCUT2D eigenvalue weighted by Crippen LogP contribution is 2.50. The van der Waals surface area contributed by atoms with Gasteiger partial charge in [-0.25, -0.2) is 0 Å². The lowest BCUT2D eigenvalue weighted by Gasteiger charge is -2.46. The van der Waals surface area contributed by atoms with Crippen LogP contribution in [0.2, 0.25) is 0 Å². The zero-order valence-corrected chi connectivity index (χ0v) is 16.2. The van der Waals surface area contributed by atoms with Crippen molar-refractivity contribution < 1.29 is 24.5 Å². The van der Waals surface area contributed by atoms with Gasteiger partial charge < -0.3 is 24.5 Å². The van der Waals surface area contributed by atoms with Crippen LogP contribution >= 0.6 is 0 Å². The first-order valence-corrected chi connectivity index (χ1v) is 9.48. The Hall–Kier alpha value is -1.92. The van der Waals surface area contributed by atoms with E-state index in [0.29, 0.717) is 11.8 Å². The highest BCUT2D eigenvalue weighted by Gasteiger charge is 2.42. The van der Waals surface area contributed by atoms with E-state index in [1.807, 2.05) is 12.1 Å². The predicted molar refractivity (Wildman–Crippen MR) is 103 cm³/mol. The van der Waals surface area contributed by atoms with E-state index in [0.717, 1.165) is 51.7 Å². The van der Waals surface area contributed by atoms with Crippen LogP contribution in [0.15, 0.2) is 18.2 Å². The monoisotopic (exact) mass is 370 g/mol. The summed E-state index contributed by atoms with van der Waals surface area (Å²) in [7, 11) is 6.15. The van der Waals surface area contributed by atoms with Gasteiger partial charge in [0, 0.05) is 24.0 Å². The second kappa shape index (κ2) is 6.60. The highest BCUT2D eigenvalue weighted by molar-refractivity contribution is 5.80. The summed E-state index contributed by atoms with van der Waals surface area (Å²) >= 11 is 0. The van der Waals surface area contributed by atoms with Gasteiger partial charge >= 0.3 is 0 Å². The molecule has 0 saturated carbocycles. The van der Waals surface area contributed by atoms with E-state index < -0.39 is 0 Å². The largest absolute Gasteiger partial charge is 0.496 e. The molecule has 0 unspecified atom stereocenters. The quantitative estimate of drug-likeness (QED) is 0.721. The lowest BCUT2D eigenvalue weighted by Crippen LogP contribution is -2.49. The average Bonchev–Trinajstić information content (AvgIpc) is 2.68. The van der Waals surface area contributed by atoms with Gasteiger partial charge in [-0.3, -0.25) is 0 Å². The van der Waals surface area contributed by atoms with Gasteiger partial charge in [0.25, 0.3) is 0 Å². The number of quaternary nitrogens is 1. The molecule has 27 heavy (non-hydrogen) atoms. The van der Waals surface area contributed by atoms with E-state index in [-0.39, 0.29) is 19.8 Å². The predicted octanol–water partition coefficient (Wildman–Crippen LogP) is 2.07. The Morgan fingerprint density at radius 1 is 1.00 bits per heavy atom. The molecule has 3 N–H and O–H groups in total. The highest BCUT2D eigenvalue weighted by atomic mass is 16.5. The van der Waals surface area contributed by atoms with Crippen LogP contribution < -0.4 is 4.74 Å². The minimum atomic E-state index is -0.113. The van der Waals surface area contributed by atoms with Crippen LogP contribution in [0.5, 0.6) is 5.75 Å². The van der Waals surface area contributed by atoms with E-state index in [4.69, 9.17) is 4.74 Å². The molecule has 0 aromatic heterocycles. The SMILES string of the molecule is COc1cc2c(cc1CO)-c1c(CO)c(CO)cc3c1[C@@H](C2)[N+](C)(C)CC3. The molecule has 1 heterocycles. The summed E-state index contributed by atoms with van der Waals surface area (Å²) in [6.45, 7) is 0.745. The van der Waals surface area contributed by atoms with Gasteiger partial charge in [-0.15, -0.1) is 0 Å². The minimum Gasteiger partial charge on any atom is -0.496 e. The van der Waals surface area contributed by atoms with Crippen LogP contribution in [-0.2, 0) is 32.7 Å². The molecule has 0 fully saturated rings. The van der Waals surface area contributed by atoms with Gasteiger partial charge in [-0.2, -0.15) is 0 Å². The molecule has 2 aliphatic rings. The number of hydrogen-bond donors (Lipinski definition) is 3. The van der Waals surface area contributed by atoms with Gasteiger partial charge in [-0.1, -0.05) is 6.07 Å². The van der Waals surface area contributed by atoms with E-state index in [2.05, 4.69) is 20.2 Å². The first kappa shape index (κ1) is 18.4. The van der Waals surface area contributed by atoms with Gasteiger partial charge in [0.15, 0.2) is 0 Å². The number of rotatable bonds is 4. The maximum atomic E-state index is 10.2. The molecule has 0 spiro atoms. The first-order valence-electron chi connectivity index (χ1n) is 9.48. The molecule has 1 aliphatic heterocycles. The molecule has 1 aliphatic carbocycles. The normalized spacial score (nSPS) is 19.4. The summed E-state index contributed by atoms with van der Waals surface area (Å²) < 4.78 is 6.39. The zero-order valence-electron chi connectivity index (χ0n) is 16.2. The fraction of sp³-hybridized carbons (Fsp3) is 0.455. The molecule has 2 aromatic rings.